The van der Waals surface area contributed by atoms with Gasteiger partial charge in [0, 0.05) is 24.9 Å². The van der Waals surface area contributed by atoms with E-state index in [1.54, 1.807) is 24.4 Å². The molecule has 1 aromatic carbocycles. The molecule has 0 aliphatic rings. The van der Waals surface area contributed by atoms with Gasteiger partial charge in [-0.1, -0.05) is 6.07 Å². The molecule has 0 radical (unpaired) electrons. The Hall–Kier alpha value is -3.38. The van der Waals surface area contributed by atoms with E-state index in [0.717, 1.165) is 16.3 Å². The number of ether oxygens (including phenoxy) is 1. The molecular weight excluding hydrogens is 371 g/mol. The number of nitrogens with two attached hydrogens (primary N) is 1. The second-order valence-electron chi connectivity index (χ2n) is 6.00. The van der Waals surface area contributed by atoms with Crippen LogP contribution in [-0.4, -0.2) is 21.3 Å². The smallest absolute Gasteiger partial charge is 0.435 e. The number of benzene rings is 1. The summed E-state index contributed by atoms with van der Waals surface area (Å²) in [5.41, 5.74) is 6.82. The molecular formula is C19H16F3N5O. The highest BCUT2D eigenvalue weighted by atomic mass is 19.4. The predicted molar refractivity (Wildman–Crippen MR) is 95.4 cm³/mol. The molecule has 0 aliphatic carbocycles. The van der Waals surface area contributed by atoms with Crippen LogP contribution in [0.15, 0.2) is 42.6 Å². The normalized spacial score (nSPS) is 11.3. The van der Waals surface area contributed by atoms with Crippen molar-refractivity contribution in [1.82, 2.24) is 14.8 Å². The fourth-order valence-corrected chi connectivity index (χ4v) is 2.58. The van der Waals surface area contributed by atoms with Crippen LogP contribution in [0.5, 0.6) is 11.6 Å². The fourth-order valence-electron chi connectivity index (χ4n) is 2.58. The number of alkyl halides is 3. The molecule has 0 aliphatic heterocycles. The molecule has 0 spiro atoms. The highest BCUT2D eigenvalue weighted by Crippen LogP contribution is 2.36. The van der Waals surface area contributed by atoms with Crippen molar-refractivity contribution in [1.29, 1.82) is 5.26 Å². The van der Waals surface area contributed by atoms with E-state index >= 15 is 0 Å². The maximum atomic E-state index is 12.9. The van der Waals surface area contributed by atoms with E-state index in [2.05, 4.69) is 10.1 Å². The summed E-state index contributed by atoms with van der Waals surface area (Å²) < 4.78 is 45.3. The van der Waals surface area contributed by atoms with Crippen LogP contribution in [0.2, 0.25) is 0 Å². The molecule has 0 fully saturated rings. The van der Waals surface area contributed by atoms with Gasteiger partial charge in [-0.2, -0.15) is 23.5 Å². The molecule has 0 unspecified atom stereocenters. The van der Waals surface area contributed by atoms with E-state index in [-0.39, 0.29) is 11.6 Å². The van der Waals surface area contributed by atoms with Crippen LogP contribution in [0.4, 0.5) is 13.2 Å². The molecule has 6 nitrogen and oxygen atoms in total. The lowest BCUT2D eigenvalue weighted by Gasteiger charge is -2.11. The highest BCUT2D eigenvalue weighted by molar-refractivity contribution is 5.69. The molecule has 0 atom stereocenters. The Kier molecular flexibility index (Phi) is 5.33. The van der Waals surface area contributed by atoms with Crippen LogP contribution in [0, 0.1) is 11.3 Å². The van der Waals surface area contributed by atoms with E-state index in [4.69, 9.17) is 15.7 Å². The maximum Gasteiger partial charge on any atom is 0.435 e. The van der Waals surface area contributed by atoms with E-state index in [0.29, 0.717) is 29.8 Å². The molecule has 2 aromatic heterocycles. The molecule has 0 saturated carbocycles. The van der Waals surface area contributed by atoms with Crippen LogP contribution < -0.4 is 10.5 Å². The summed E-state index contributed by atoms with van der Waals surface area (Å²) in [7, 11) is 1.35. The first-order chi connectivity index (χ1) is 13.3. The first kappa shape index (κ1) is 19.4. The zero-order valence-corrected chi connectivity index (χ0v) is 14.9. The minimum Gasteiger partial charge on any atom is -0.439 e. The van der Waals surface area contributed by atoms with Gasteiger partial charge in [-0.15, -0.1) is 0 Å². The van der Waals surface area contributed by atoms with E-state index in [9.17, 15) is 13.2 Å². The summed E-state index contributed by atoms with van der Waals surface area (Å²) in [4.78, 5) is 4.37. The molecule has 2 N–H and O–H groups in total. The van der Waals surface area contributed by atoms with Crippen LogP contribution in [0.1, 0.15) is 16.8 Å². The van der Waals surface area contributed by atoms with Gasteiger partial charge in [0.1, 0.15) is 5.75 Å². The monoisotopic (exact) mass is 387 g/mol. The number of halogens is 3. The molecule has 28 heavy (non-hydrogen) atoms. The summed E-state index contributed by atoms with van der Waals surface area (Å²) in [6.45, 7) is 0.494. The Morgan fingerprint density at radius 1 is 1.21 bits per heavy atom. The van der Waals surface area contributed by atoms with Crippen LogP contribution in [0.3, 0.4) is 0 Å². The summed E-state index contributed by atoms with van der Waals surface area (Å²) >= 11 is 0. The lowest BCUT2D eigenvalue weighted by Crippen LogP contribution is -2.06. The standard InChI is InChI=1S/C19H16F3N5O/c1-27-18(9-17(26-27)19(20,21)22)28-16-8-13(10-24)2-4-14(16)15-5-3-12(6-7-23)11-25-15/h2-5,8-9,11H,6-7,23H2,1H3. The van der Waals surface area contributed by atoms with Gasteiger partial charge < -0.3 is 10.5 Å². The highest BCUT2D eigenvalue weighted by Gasteiger charge is 2.35. The van der Waals surface area contributed by atoms with Crippen molar-refractivity contribution in [2.75, 3.05) is 6.54 Å². The minimum atomic E-state index is -4.59. The van der Waals surface area contributed by atoms with Crippen LogP contribution in [-0.2, 0) is 19.6 Å². The number of hydrogen-bond donors (Lipinski definition) is 1. The number of nitriles is 1. The zero-order valence-electron chi connectivity index (χ0n) is 14.9. The van der Waals surface area contributed by atoms with E-state index in [1.165, 1.54) is 13.1 Å². The third-order valence-corrected chi connectivity index (χ3v) is 3.99. The van der Waals surface area contributed by atoms with Crippen molar-refractivity contribution >= 4 is 0 Å². The zero-order chi connectivity index (χ0) is 20.3. The Bertz CT molecular complexity index is 1020. The predicted octanol–water partition coefficient (Wildman–Crippen LogP) is 3.67. The summed E-state index contributed by atoms with van der Waals surface area (Å²) in [6.07, 6.45) is -2.23. The van der Waals surface area contributed by atoms with Crippen molar-refractivity contribution in [2.45, 2.75) is 12.6 Å². The topological polar surface area (TPSA) is 89.8 Å². The van der Waals surface area contributed by atoms with Crippen molar-refractivity contribution in [3.63, 3.8) is 0 Å². The van der Waals surface area contributed by atoms with E-state index < -0.39 is 11.9 Å². The Morgan fingerprint density at radius 3 is 2.57 bits per heavy atom. The van der Waals surface area contributed by atoms with Crippen molar-refractivity contribution in [3.05, 3.63) is 59.4 Å². The molecule has 3 rings (SSSR count). The van der Waals surface area contributed by atoms with Crippen molar-refractivity contribution in [2.24, 2.45) is 12.8 Å². The molecule has 9 heteroatoms. The van der Waals surface area contributed by atoms with Gasteiger partial charge in [-0.05, 0) is 42.8 Å². The molecule has 3 aromatic rings. The number of aryl methyl sites for hydroxylation is 1. The van der Waals surface area contributed by atoms with Gasteiger partial charge in [-0.3, -0.25) is 4.98 Å². The third kappa shape index (κ3) is 4.13. The van der Waals surface area contributed by atoms with Crippen LogP contribution >= 0.6 is 0 Å². The van der Waals surface area contributed by atoms with Crippen molar-refractivity contribution in [3.8, 4) is 29.0 Å². The number of nitrogens with zero attached hydrogens (tertiary/aromatic N) is 4. The van der Waals surface area contributed by atoms with Crippen LogP contribution in [0.25, 0.3) is 11.3 Å². The first-order valence-electron chi connectivity index (χ1n) is 8.30. The Balaban J connectivity index is 2.01. The molecule has 0 bridgehead atoms. The Morgan fingerprint density at radius 2 is 2.00 bits per heavy atom. The molecule has 0 saturated heterocycles. The summed E-state index contributed by atoms with van der Waals surface area (Å²) in [6, 6.07) is 11.1. The molecule has 144 valence electrons. The van der Waals surface area contributed by atoms with Gasteiger partial charge in [0.05, 0.1) is 17.3 Å². The maximum absolute atomic E-state index is 12.9. The molecule has 2 heterocycles. The second-order valence-corrected chi connectivity index (χ2v) is 6.00. The number of rotatable bonds is 5. The minimum absolute atomic E-state index is 0.108. The largest absolute Gasteiger partial charge is 0.439 e. The van der Waals surface area contributed by atoms with Gasteiger partial charge in [0.15, 0.2) is 5.69 Å². The van der Waals surface area contributed by atoms with Crippen molar-refractivity contribution < 1.29 is 17.9 Å². The first-order valence-corrected chi connectivity index (χ1v) is 8.30. The summed E-state index contributed by atoms with van der Waals surface area (Å²) in [5.74, 6) is 0.0956. The van der Waals surface area contributed by atoms with Gasteiger partial charge in [0.25, 0.3) is 0 Å². The second kappa shape index (κ2) is 7.70. The quantitative estimate of drug-likeness (QED) is 0.722. The SMILES string of the molecule is Cn1nc(C(F)(F)F)cc1Oc1cc(C#N)ccc1-c1ccc(CCN)cn1. The van der Waals surface area contributed by atoms with E-state index in [1.807, 2.05) is 12.1 Å². The third-order valence-electron chi connectivity index (χ3n) is 3.99. The number of hydrogen-bond acceptors (Lipinski definition) is 5. The lowest BCUT2D eigenvalue weighted by atomic mass is 10.1. The van der Waals surface area contributed by atoms with Gasteiger partial charge >= 0.3 is 6.18 Å². The Labute approximate surface area is 159 Å². The fraction of sp³-hybridized carbons (Fsp3) is 0.211. The number of pyridine rings is 1. The summed E-state index contributed by atoms with van der Waals surface area (Å²) in [5, 5.41) is 12.6. The molecule has 0 amide bonds. The average Bonchev–Trinajstić information content (AvgIpc) is 3.04. The average molecular weight is 387 g/mol. The van der Waals surface area contributed by atoms with Gasteiger partial charge in [-0.25, -0.2) is 4.68 Å². The number of aromatic nitrogens is 3. The van der Waals surface area contributed by atoms with Gasteiger partial charge in [0.2, 0.25) is 5.88 Å². The lowest BCUT2D eigenvalue weighted by molar-refractivity contribution is -0.141.